The van der Waals surface area contributed by atoms with Crippen LogP contribution in [0.2, 0.25) is 0 Å². The number of urea groups is 1. The standard InChI is InChI=1S/C16H26N2O3/c1-16(2,3)14(19)10-18-15(20)17-9-12-6-5-7-13(8-12)11-21-4/h5-8,14,19H,9-11H2,1-4H3,(H2,17,18,20). The number of hydrogen-bond acceptors (Lipinski definition) is 3. The van der Waals surface area contributed by atoms with Gasteiger partial charge in [-0.25, -0.2) is 4.79 Å². The van der Waals surface area contributed by atoms with Crippen molar-refractivity contribution in [3.63, 3.8) is 0 Å². The van der Waals surface area contributed by atoms with E-state index in [4.69, 9.17) is 4.74 Å². The Hall–Kier alpha value is -1.59. The van der Waals surface area contributed by atoms with Crippen LogP contribution in [0.5, 0.6) is 0 Å². The lowest BCUT2D eigenvalue weighted by Gasteiger charge is -2.25. The number of carbonyl (C=O) groups excluding carboxylic acids is 1. The molecule has 0 spiro atoms. The highest BCUT2D eigenvalue weighted by Gasteiger charge is 2.22. The molecular formula is C16H26N2O3. The molecule has 1 rings (SSSR count). The topological polar surface area (TPSA) is 70.6 Å². The lowest BCUT2D eigenvalue weighted by Crippen LogP contribution is -2.43. The van der Waals surface area contributed by atoms with Crippen LogP contribution in [-0.2, 0) is 17.9 Å². The van der Waals surface area contributed by atoms with Gasteiger partial charge in [0.2, 0.25) is 0 Å². The van der Waals surface area contributed by atoms with Crippen molar-refractivity contribution in [2.75, 3.05) is 13.7 Å². The minimum Gasteiger partial charge on any atom is -0.391 e. The van der Waals surface area contributed by atoms with Crippen LogP contribution in [0.3, 0.4) is 0 Å². The summed E-state index contributed by atoms with van der Waals surface area (Å²) >= 11 is 0. The Morgan fingerprint density at radius 3 is 2.57 bits per heavy atom. The third-order valence-electron chi connectivity index (χ3n) is 3.21. The van der Waals surface area contributed by atoms with Crippen LogP contribution in [0.4, 0.5) is 4.79 Å². The predicted molar refractivity (Wildman–Crippen MR) is 82.9 cm³/mol. The van der Waals surface area contributed by atoms with Crippen LogP contribution >= 0.6 is 0 Å². The van der Waals surface area contributed by atoms with Gasteiger partial charge in [-0.2, -0.15) is 0 Å². The zero-order valence-corrected chi connectivity index (χ0v) is 13.3. The Morgan fingerprint density at radius 2 is 1.95 bits per heavy atom. The van der Waals surface area contributed by atoms with Gasteiger partial charge in [-0.05, 0) is 16.5 Å². The van der Waals surface area contributed by atoms with Crippen molar-refractivity contribution in [2.45, 2.75) is 40.0 Å². The minimum atomic E-state index is -0.576. The summed E-state index contributed by atoms with van der Waals surface area (Å²) in [4.78, 5) is 11.7. The molecule has 1 atom stereocenters. The number of carbonyl (C=O) groups is 1. The number of aliphatic hydroxyl groups is 1. The SMILES string of the molecule is COCc1cccc(CNC(=O)NCC(O)C(C)(C)C)c1. The van der Waals surface area contributed by atoms with Gasteiger partial charge >= 0.3 is 6.03 Å². The van der Waals surface area contributed by atoms with Crippen molar-refractivity contribution in [3.05, 3.63) is 35.4 Å². The number of benzene rings is 1. The number of ether oxygens (including phenoxy) is 1. The lowest BCUT2D eigenvalue weighted by molar-refractivity contribution is 0.0650. The largest absolute Gasteiger partial charge is 0.391 e. The van der Waals surface area contributed by atoms with Crippen molar-refractivity contribution in [2.24, 2.45) is 5.41 Å². The van der Waals surface area contributed by atoms with Crippen LogP contribution in [0, 0.1) is 5.41 Å². The highest BCUT2D eigenvalue weighted by molar-refractivity contribution is 5.73. The van der Waals surface area contributed by atoms with Crippen molar-refractivity contribution >= 4 is 6.03 Å². The number of nitrogens with one attached hydrogen (secondary N) is 2. The molecule has 0 aliphatic carbocycles. The first kappa shape index (κ1) is 17.5. The summed E-state index contributed by atoms with van der Waals surface area (Å²) in [6, 6.07) is 7.58. The molecule has 1 unspecified atom stereocenters. The van der Waals surface area contributed by atoms with Crippen molar-refractivity contribution in [1.29, 1.82) is 0 Å². The van der Waals surface area contributed by atoms with Crippen LogP contribution < -0.4 is 10.6 Å². The number of rotatable bonds is 6. The Bertz CT molecular complexity index is 455. The van der Waals surface area contributed by atoms with E-state index < -0.39 is 6.10 Å². The second-order valence-corrected chi connectivity index (χ2v) is 6.20. The normalized spacial score (nSPS) is 12.8. The molecule has 2 amide bonds. The van der Waals surface area contributed by atoms with E-state index in [2.05, 4.69) is 10.6 Å². The molecule has 21 heavy (non-hydrogen) atoms. The van der Waals surface area contributed by atoms with Gasteiger partial charge < -0.3 is 20.5 Å². The van der Waals surface area contributed by atoms with Gasteiger partial charge in [0.05, 0.1) is 12.7 Å². The van der Waals surface area contributed by atoms with Gasteiger partial charge in [0.25, 0.3) is 0 Å². The van der Waals surface area contributed by atoms with Crippen LogP contribution in [0.25, 0.3) is 0 Å². The van der Waals surface area contributed by atoms with Crippen LogP contribution in [0.15, 0.2) is 24.3 Å². The Kier molecular flexibility index (Phi) is 6.65. The average molecular weight is 294 g/mol. The van der Waals surface area contributed by atoms with Crippen LogP contribution in [-0.4, -0.2) is 30.9 Å². The third-order valence-corrected chi connectivity index (χ3v) is 3.21. The highest BCUT2D eigenvalue weighted by atomic mass is 16.5. The molecule has 5 heteroatoms. The quantitative estimate of drug-likeness (QED) is 0.752. The second kappa shape index (κ2) is 8.00. The summed E-state index contributed by atoms with van der Waals surface area (Å²) in [5, 5.41) is 15.3. The molecule has 0 aliphatic rings. The molecule has 118 valence electrons. The Balaban J connectivity index is 2.38. The fourth-order valence-electron chi connectivity index (χ4n) is 1.74. The summed E-state index contributed by atoms with van der Waals surface area (Å²) in [6.45, 7) is 7.02. The third kappa shape index (κ3) is 6.60. The lowest BCUT2D eigenvalue weighted by atomic mass is 9.89. The average Bonchev–Trinajstić information content (AvgIpc) is 2.42. The number of hydrogen-bond donors (Lipinski definition) is 3. The van der Waals surface area contributed by atoms with E-state index in [0.29, 0.717) is 13.2 Å². The summed E-state index contributed by atoms with van der Waals surface area (Å²) in [5.41, 5.74) is 1.83. The fourth-order valence-corrected chi connectivity index (χ4v) is 1.74. The van der Waals surface area contributed by atoms with E-state index in [-0.39, 0.29) is 18.0 Å². The maximum absolute atomic E-state index is 11.7. The molecule has 1 aromatic carbocycles. The van der Waals surface area contributed by atoms with Crippen LogP contribution in [0.1, 0.15) is 31.9 Å². The van der Waals surface area contributed by atoms with Crippen molar-refractivity contribution in [1.82, 2.24) is 10.6 Å². The summed E-state index contributed by atoms with van der Waals surface area (Å²) in [6.07, 6.45) is -0.576. The van der Waals surface area contributed by atoms with Crippen molar-refractivity contribution in [3.8, 4) is 0 Å². The van der Waals surface area contributed by atoms with Gasteiger partial charge in [0.1, 0.15) is 0 Å². The zero-order valence-electron chi connectivity index (χ0n) is 13.3. The van der Waals surface area contributed by atoms with E-state index in [1.807, 2.05) is 45.0 Å². The van der Waals surface area contributed by atoms with Gasteiger partial charge in [-0.15, -0.1) is 0 Å². The first-order chi connectivity index (χ1) is 9.82. The molecule has 0 radical (unpaired) electrons. The molecule has 5 nitrogen and oxygen atoms in total. The predicted octanol–water partition coefficient (Wildman–Crippen LogP) is 2.04. The van der Waals surface area contributed by atoms with E-state index in [9.17, 15) is 9.90 Å². The van der Waals surface area contributed by atoms with E-state index in [1.54, 1.807) is 7.11 Å². The fraction of sp³-hybridized carbons (Fsp3) is 0.562. The Morgan fingerprint density at radius 1 is 1.29 bits per heavy atom. The summed E-state index contributed by atoms with van der Waals surface area (Å²) in [7, 11) is 1.65. The first-order valence-corrected chi connectivity index (χ1v) is 7.09. The summed E-state index contributed by atoms with van der Waals surface area (Å²) in [5.74, 6) is 0. The minimum absolute atomic E-state index is 0.235. The van der Waals surface area contributed by atoms with Gasteiger partial charge in [-0.1, -0.05) is 45.0 Å². The molecule has 0 saturated carbocycles. The monoisotopic (exact) mass is 294 g/mol. The molecule has 0 saturated heterocycles. The number of amides is 2. The molecular weight excluding hydrogens is 268 g/mol. The molecule has 1 aromatic rings. The number of methoxy groups -OCH3 is 1. The molecule has 0 bridgehead atoms. The Labute approximate surface area is 126 Å². The number of aliphatic hydroxyl groups excluding tert-OH is 1. The molecule has 3 N–H and O–H groups in total. The molecule has 0 fully saturated rings. The molecule has 0 aromatic heterocycles. The maximum Gasteiger partial charge on any atom is 0.315 e. The van der Waals surface area contributed by atoms with Gasteiger partial charge in [0, 0.05) is 20.2 Å². The van der Waals surface area contributed by atoms with Gasteiger partial charge in [0.15, 0.2) is 0 Å². The zero-order chi connectivity index (χ0) is 15.9. The maximum atomic E-state index is 11.7. The van der Waals surface area contributed by atoms with Gasteiger partial charge in [-0.3, -0.25) is 0 Å². The molecule has 0 aliphatic heterocycles. The smallest absolute Gasteiger partial charge is 0.315 e. The van der Waals surface area contributed by atoms with Crippen molar-refractivity contribution < 1.29 is 14.6 Å². The van der Waals surface area contributed by atoms with E-state index in [1.165, 1.54) is 0 Å². The highest BCUT2D eigenvalue weighted by Crippen LogP contribution is 2.17. The molecule has 0 heterocycles. The van der Waals surface area contributed by atoms with E-state index >= 15 is 0 Å². The van der Waals surface area contributed by atoms with E-state index in [0.717, 1.165) is 11.1 Å². The summed E-state index contributed by atoms with van der Waals surface area (Å²) < 4.78 is 5.08. The second-order valence-electron chi connectivity index (χ2n) is 6.20. The first-order valence-electron chi connectivity index (χ1n) is 7.09.